The van der Waals surface area contributed by atoms with E-state index in [1.807, 2.05) is 0 Å². The molecule has 0 aromatic heterocycles. The highest BCUT2D eigenvalue weighted by Gasteiger charge is 2.60. The Morgan fingerprint density at radius 1 is 0.780 bits per heavy atom. The normalized spacial score (nSPS) is 56.2. The van der Waals surface area contributed by atoms with Crippen LogP contribution in [0.3, 0.4) is 0 Å². The lowest BCUT2D eigenvalue weighted by Gasteiger charge is -2.58. The van der Waals surface area contributed by atoms with Crippen LogP contribution in [-0.2, 0) is 37.9 Å². The maximum Gasteiger partial charge on any atom is 0.187 e. The van der Waals surface area contributed by atoms with Gasteiger partial charge in [-0.25, -0.2) is 0 Å². The molecule has 0 aromatic rings. The first kappa shape index (κ1) is 43.4. The van der Waals surface area contributed by atoms with Crippen LogP contribution in [0.25, 0.3) is 0 Å². The van der Waals surface area contributed by atoms with Crippen molar-refractivity contribution in [2.45, 2.75) is 189 Å². The lowest BCUT2D eigenvalue weighted by molar-refractivity contribution is -0.361. The summed E-state index contributed by atoms with van der Waals surface area (Å²) in [6, 6.07) is 0. The van der Waals surface area contributed by atoms with Crippen molar-refractivity contribution in [1.29, 1.82) is 0 Å². The molecule has 23 atom stereocenters. The predicted octanol–water partition coefficient (Wildman–Crippen LogP) is 0.609. The number of aliphatic hydroxyl groups excluding tert-OH is 7. The highest BCUT2D eigenvalue weighted by atomic mass is 16.8. The van der Waals surface area contributed by atoms with Gasteiger partial charge in [0.25, 0.3) is 0 Å². The van der Waals surface area contributed by atoms with E-state index in [4.69, 9.17) is 37.9 Å². The highest BCUT2D eigenvalue weighted by Crippen LogP contribution is 2.64. The molecule has 5 heterocycles. The van der Waals surface area contributed by atoms with Gasteiger partial charge in [-0.3, -0.25) is 0 Å². The van der Waals surface area contributed by atoms with Gasteiger partial charge in [-0.1, -0.05) is 25.5 Å². The maximum atomic E-state index is 11.3. The number of hydrogen-bond donors (Lipinski definition) is 8. The third-order valence-electron chi connectivity index (χ3n) is 16.5. The lowest BCUT2D eigenvalue weighted by atomic mass is 9.47. The fourth-order valence-corrected chi connectivity index (χ4v) is 12.9. The van der Waals surface area contributed by atoms with E-state index in [1.54, 1.807) is 6.92 Å². The summed E-state index contributed by atoms with van der Waals surface area (Å²) in [7, 11) is 0. The molecular weight excluding hydrogens is 772 g/mol. The fraction of sp³-hybridized carbons (Fsp3) is 0.953. The van der Waals surface area contributed by atoms with Crippen LogP contribution in [0.1, 0.15) is 91.4 Å². The quantitative estimate of drug-likeness (QED) is 0.124. The van der Waals surface area contributed by atoms with E-state index in [-0.39, 0.29) is 17.3 Å². The smallest absolute Gasteiger partial charge is 0.187 e. The Morgan fingerprint density at radius 3 is 2.27 bits per heavy atom. The molecule has 16 heteroatoms. The van der Waals surface area contributed by atoms with E-state index in [1.165, 1.54) is 31.3 Å². The maximum absolute atomic E-state index is 11.3. The van der Waals surface area contributed by atoms with Crippen molar-refractivity contribution in [2.24, 2.45) is 40.9 Å². The van der Waals surface area contributed by atoms with Crippen LogP contribution in [0.4, 0.5) is 0 Å². The average molecular weight is 841 g/mol. The summed E-state index contributed by atoms with van der Waals surface area (Å²) in [5, 5.41) is 84.6. The minimum Gasteiger partial charge on any atom is -0.393 e. The monoisotopic (exact) mass is 840 g/mol. The first-order chi connectivity index (χ1) is 28.1. The Kier molecular flexibility index (Phi) is 12.2. The number of aliphatic hydroxyl groups is 8. The van der Waals surface area contributed by atoms with E-state index >= 15 is 0 Å². The van der Waals surface area contributed by atoms with Gasteiger partial charge in [0.1, 0.15) is 54.4 Å². The molecule has 336 valence electrons. The van der Waals surface area contributed by atoms with Crippen LogP contribution in [0.2, 0.25) is 0 Å². The van der Waals surface area contributed by atoms with Crippen molar-refractivity contribution in [3.63, 3.8) is 0 Å². The number of ether oxygens (including phenoxy) is 8. The molecule has 5 aliphatic heterocycles. The summed E-state index contributed by atoms with van der Waals surface area (Å²) in [4.78, 5) is 0. The van der Waals surface area contributed by atoms with Crippen LogP contribution in [-0.4, -0.2) is 165 Å². The van der Waals surface area contributed by atoms with Crippen LogP contribution in [0, 0.1) is 40.9 Å². The van der Waals surface area contributed by atoms with Gasteiger partial charge in [-0.05, 0) is 106 Å². The van der Waals surface area contributed by atoms with Crippen molar-refractivity contribution in [3.05, 3.63) is 11.6 Å². The molecule has 8 fully saturated rings. The summed E-state index contributed by atoms with van der Waals surface area (Å²) in [6.45, 7) is 5.55. The van der Waals surface area contributed by atoms with Crippen LogP contribution >= 0.6 is 0 Å². The standard InChI is InChI=1S/C43H68O16/c1-20-10-13-43(54-16-20)15-27-25-6-8-28-26(24(25)7-9-29(27)59-43)5-4-22-14-23(11-12-41(22,28)3)56-38-35(49)33(47)36(21(2)55-38)58-39-34(48)32(46)31(45)30(57-39)17-52-40-37(50)42(51,18-44)19-53-40/h4,20-21,23-40,44-51H,5-19H2,1-3H3. The lowest BCUT2D eigenvalue weighted by Crippen LogP contribution is -2.64. The second-order valence-corrected chi connectivity index (χ2v) is 20.1. The van der Waals surface area contributed by atoms with Crippen molar-refractivity contribution in [1.82, 2.24) is 0 Å². The summed E-state index contributed by atoms with van der Waals surface area (Å²) in [5.74, 6) is 3.55. The number of hydrogen-bond acceptors (Lipinski definition) is 16. The molecule has 59 heavy (non-hydrogen) atoms. The van der Waals surface area contributed by atoms with Crippen molar-refractivity contribution in [3.8, 4) is 0 Å². The Morgan fingerprint density at radius 2 is 1.53 bits per heavy atom. The fourth-order valence-electron chi connectivity index (χ4n) is 12.9. The van der Waals surface area contributed by atoms with E-state index in [9.17, 15) is 40.9 Å². The van der Waals surface area contributed by atoms with E-state index in [0.717, 1.165) is 51.6 Å². The van der Waals surface area contributed by atoms with E-state index in [2.05, 4.69) is 19.9 Å². The van der Waals surface area contributed by atoms with E-state index < -0.39 is 99.2 Å². The van der Waals surface area contributed by atoms with Gasteiger partial charge >= 0.3 is 0 Å². The molecule has 0 aromatic carbocycles. The molecule has 23 unspecified atom stereocenters. The topological polar surface area (TPSA) is 236 Å². The molecule has 9 aliphatic rings. The Hall–Kier alpha value is -0.900. The summed E-state index contributed by atoms with van der Waals surface area (Å²) in [5.41, 5.74) is -0.412. The molecule has 3 saturated carbocycles. The minimum atomic E-state index is -1.93. The van der Waals surface area contributed by atoms with Crippen LogP contribution in [0.5, 0.6) is 0 Å². The van der Waals surface area contributed by atoms with Gasteiger partial charge in [0.05, 0.1) is 44.7 Å². The van der Waals surface area contributed by atoms with E-state index in [0.29, 0.717) is 41.6 Å². The molecule has 0 bridgehead atoms. The molecule has 0 amide bonds. The Bertz CT molecular complexity index is 1510. The first-order valence-corrected chi connectivity index (χ1v) is 22.4. The predicted molar refractivity (Wildman–Crippen MR) is 204 cm³/mol. The number of rotatable bonds is 8. The molecule has 8 N–H and O–H groups in total. The van der Waals surface area contributed by atoms with Gasteiger partial charge in [0, 0.05) is 12.8 Å². The average Bonchev–Trinajstić information content (AvgIpc) is 3.74. The summed E-state index contributed by atoms with van der Waals surface area (Å²) in [6.07, 6.45) is -2.88. The molecule has 0 radical (unpaired) electrons. The molecule has 9 rings (SSSR count). The third-order valence-corrected chi connectivity index (χ3v) is 16.5. The Balaban J connectivity index is 0.791. The Labute approximate surface area is 346 Å². The van der Waals surface area contributed by atoms with Gasteiger partial charge in [0.2, 0.25) is 0 Å². The zero-order valence-electron chi connectivity index (χ0n) is 34.6. The highest BCUT2D eigenvalue weighted by molar-refractivity contribution is 5.25. The number of allylic oxidation sites excluding steroid dienone is 1. The second-order valence-electron chi connectivity index (χ2n) is 20.1. The molecule has 5 saturated heterocycles. The van der Waals surface area contributed by atoms with Gasteiger partial charge < -0.3 is 78.7 Å². The SMILES string of the molecule is CC1CCC2(CC3C(CCC4C3CCC3C4CC=C4CC(OC5OC(C)C(OC6OC(COC7OCC(O)(CO)C7O)C(O)C(O)C6O)C(O)C5O)CCC43C)O2)OC1. The van der Waals surface area contributed by atoms with Crippen molar-refractivity contribution in [2.75, 3.05) is 26.4 Å². The second kappa shape index (κ2) is 16.6. The molecule has 16 nitrogen and oxygen atoms in total. The molecule has 1 spiro atoms. The zero-order valence-corrected chi connectivity index (χ0v) is 34.6. The van der Waals surface area contributed by atoms with Gasteiger partial charge in [-0.2, -0.15) is 0 Å². The third kappa shape index (κ3) is 7.69. The van der Waals surface area contributed by atoms with Crippen molar-refractivity contribution >= 4 is 0 Å². The van der Waals surface area contributed by atoms with Crippen molar-refractivity contribution < 1.29 is 78.7 Å². The molecule has 4 aliphatic carbocycles. The van der Waals surface area contributed by atoms with Crippen LogP contribution < -0.4 is 0 Å². The minimum absolute atomic E-state index is 0.0903. The first-order valence-electron chi connectivity index (χ1n) is 22.4. The molecular formula is C43H68O16. The van der Waals surface area contributed by atoms with Crippen LogP contribution in [0.15, 0.2) is 11.6 Å². The van der Waals surface area contributed by atoms with Gasteiger partial charge in [-0.15, -0.1) is 0 Å². The zero-order chi connectivity index (χ0) is 41.6. The number of fused-ring (bicyclic) bond motifs is 7. The summed E-state index contributed by atoms with van der Waals surface area (Å²) >= 11 is 0. The van der Waals surface area contributed by atoms with Gasteiger partial charge in [0.15, 0.2) is 24.7 Å². The largest absolute Gasteiger partial charge is 0.393 e. The summed E-state index contributed by atoms with van der Waals surface area (Å²) < 4.78 is 48.2.